The normalized spacial score (nSPS) is 11.7. The van der Waals surface area contributed by atoms with Gasteiger partial charge in [0.2, 0.25) is 0 Å². The van der Waals surface area contributed by atoms with E-state index in [9.17, 15) is 14.4 Å². The molecule has 3 aromatic rings. The molecule has 0 aliphatic carbocycles. The highest BCUT2D eigenvalue weighted by molar-refractivity contribution is 7.61. The third-order valence-corrected chi connectivity index (χ3v) is 4.34. The molecular formula is C16H13O3P. The van der Waals surface area contributed by atoms with Crippen LogP contribution < -0.4 is 5.30 Å². The first-order valence-electron chi connectivity index (χ1n) is 6.20. The molecule has 20 heavy (non-hydrogen) atoms. The van der Waals surface area contributed by atoms with E-state index in [0.717, 1.165) is 10.9 Å². The standard InChI is InChI=1S/C16H13O3P/c17-20(18,19)16-14-9-5-4-8-13(14)10-11-15(16)12-6-2-1-3-7-12/h1-11H,(H2,17,18,19). The highest BCUT2D eigenvalue weighted by atomic mass is 31.2. The fourth-order valence-electron chi connectivity index (χ4n) is 2.42. The molecule has 0 radical (unpaired) electrons. The van der Waals surface area contributed by atoms with Gasteiger partial charge in [-0.25, -0.2) is 0 Å². The van der Waals surface area contributed by atoms with Crippen LogP contribution in [0.5, 0.6) is 0 Å². The Labute approximate surface area is 116 Å². The van der Waals surface area contributed by atoms with Crippen LogP contribution in [-0.2, 0) is 4.57 Å². The lowest BCUT2D eigenvalue weighted by molar-refractivity contribution is 0.388. The SMILES string of the molecule is O=P(O)(O)c1c(-c2ccccc2)ccc2ccccc12. The number of hydrogen-bond donors (Lipinski definition) is 2. The van der Waals surface area contributed by atoms with Crippen LogP contribution in [0.4, 0.5) is 0 Å². The van der Waals surface area contributed by atoms with E-state index in [1.807, 2.05) is 48.5 Å². The minimum atomic E-state index is -4.37. The molecule has 3 aromatic carbocycles. The van der Waals surface area contributed by atoms with E-state index < -0.39 is 7.60 Å². The van der Waals surface area contributed by atoms with E-state index in [0.29, 0.717) is 10.9 Å². The molecule has 0 aliphatic rings. The summed E-state index contributed by atoms with van der Waals surface area (Å²) >= 11 is 0. The molecule has 4 heteroatoms. The lowest BCUT2D eigenvalue weighted by Gasteiger charge is -2.14. The molecule has 0 aliphatic heterocycles. The van der Waals surface area contributed by atoms with Crippen molar-refractivity contribution in [3.8, 4) is 11.1 Å². The lowest BCUT2D eigenvalue weighted by Crippen LogP contribution is -2.09. The summed E-state index contributed by atoms with van der Waals surface area (Å²) in [5.74, 6) is 0. The van der Waals surface area contributed by atoms with Gasteiger partial charge in [-0.1, -0.05) is 66.7 Å². The van der Waals surface area contributed by atoms with Gasteiger partial charge in [0.25, 0.3) is 0 Å². The van der Waals surface area contributed by atoms with E-state index in [1.165, 1.54) is 0 Å². The second-order valence-electron chi connectivity index (χ2n) is 4.59. The molecule has 0 heterocycles. The van der Waals surface area contributed by atoms with Crippen LogP contribution in [0.1, 0.15) is 0 Å². The Hall–Kier alpha value is -1.93. The Morgan fingerprint density at radius 3 is 2.10 bits per heavy atom. The third-order valence-electron chi connectivity index (χ3n) is 3.28. The average Bonchev–Trinajstić information content (AvgIpc) is 2.46. The largest absolute Gasteiger partial charge is 0.357 e. The fraction of sp³-hybridized carbons (Fsp3) is 0. The average molecular weight is 284 g/mol. The van der Waals surface area contributed by atoms with Crippen molar-refractivity contribution in [3.63, 3.8) is 0 Å². The van der Waals surface area contributed by atoms with Crippen molar-refractivity contribution in [2.45, 2.75) is 0 Å². The molecule has 3 nitrogen and oxygen atoms in total. The summed E-state index contributed by atoms with van der Waals surface area (Å²) in [6.45, 7) is 0. The van der Waals surface area contributed by atoms with Crippen molar-refractivity contribution in [1.82, 2.24) is 0 Å². The second-order valence-corrected chi connectivity index (χ2v) is 6.13. The Kier molecular flexibility index (Phi) is 3.19. The molecule has 0 saturated carbocycles. The van der Waals surface area contributed by atoms with Gasteiger partial charge in [0.05, 0.1) is 5.30 Å². The van der Waals surface area contributed by atoms with Crippen LogP contribution in [0.15, 0.2) is 66.7 Å². The first-order chi connectivity index (χ1) is 9.57. The maximum absolute atomic E-state index is 11.9. The van der Waals surface area contributed by atoms with Gasteiger partial charge in [0, 0.05) is 0 Å². The van der Waals surface area contributed by atoms with Crippen molar-refractivity contribution in [2.75, 3.05) is 0 Å². The zero-order valence-electron chi connectivity index (χ0n) is 10.6. The van der Waals surface area contributed by atoms with Gasteiger partial charge in [-0.2, -0.15) is 0 Å². The first-order valence-corrected chi connectivity index (χ1v) is 7.82. The Balaban J connectivity index is 2.42. The minimum absolute atomic E-state index is 0.0989. The highest BCUT2D eigenvalue weighted by Gasteiger charge is 2.24. The summed E-state index contributed by atoms with van der Waals surface area (Å²) in [6.07, 6.45) is 0. The van der Waals surface area contributed by atoms with E-state index in [1.54, 1.807) is 18.2 Å². The highest BCUT2D eigenvalue weighted by Crippen LogP contribution is 2.41. The van der Waals surface area contributed by atoms with Gasteiger partial charge in [-0.3, -0.25) is 4.57 Å². The predicted molar refractivity (Wildman–Crippen MR) is 81.1 cm³/mol. The summed E-state index contributed by atoms with van der Waals surface area (Å²) in [7, 11) is -4.37. The molecule has 0 bridgehead atoms. The lowest BCUT2D eigenvalue weighted by atomic mass is 10.0. The van der Waals surface area contributed by atoms with E-state index in [-0.39, 0.29) is 5.30 Å². The van der Waals surface area contributed by atoms with Gasteiger partial charge in [-0.15, -0.1) is 0 Å². The maximum Gasteiger partial charge on any atom is 0.357 e. The Morgan fingerprint density at radius 1 is 0.750 bits per heavy atom. The van der Waals surface area contributed by atoms with Crippen LogP contribution in [0.3, 0.4) is 0 Å². The van der Waals surface area contributed by atoms with E-state index >= 15 is 0 Å². The zero-order valence-corrected chi connectivity index (χ0v) is 11.5. The molecule has 0 saturated heterocycles. The van der Waals surface area contributed by atoms with Crippen LogP contribution in [-0.4, -0.2) is 9.79 Å². The first kappa shape index (κ1) is 13.1. The Morgan fingerprint density at radius 2 is 1.40 bits per heavy atom. The molecule has 0 unspecified atom stereocenters. The number of fused-ring (bicyclic) bond motifs is 1. The summed E-state index contributed by atoms with van der Waals surface area (Å²) in [5, 5.41) is 1.52. The summed E-state index contributed by atoms with van der Waals surface area (Å²) in [4.78, 5) is 19.5. The molecule has 3 rings (SSSR count). The van der Waals surface area contributed by atoms with Gasteiger partial charge in [0.1, 0.15) is 0 Å². The van der Waals surface area contributed by atoms with Crippen molar-refractivity contribution in [2.24, 2.45) is 0 Å². The molecule has 0 amide bonds. The quantitative estimate of drug-likeness (QED) is 0.710. The molecule has 100 valence electrons. The zero-order chi connectivity index (χ0) is 14.2. The number of benzene rings is 3. The molecule has 2 N–H and O–H groups in total. The Bertz CT molecular complexity index is 806. The van der Waals surface area contributed by atoms with E-state index in [4.69, 9.17) is 0 Å². The van der Waals surface area contributed by atoms with E-state index in [2.05, 4.69) is 0 Å². The smallest absolute Gasteiger partial charge is 0.321 e. The van der Waals surface area contributed by atoms with Crippen LogP contribution >= 0.6 is 7.60 Å². The monoisotopic (exact) mass is 284 g/mol. The van der Waals surface area contributed by atoms with Crippen molar-refractivity contribution in [1.29, 1.82) is 0 Å². The number of hydrogen-bond acceptors (Lipinski definition) is 1. The predicted octanol–water partition coefficient (Wildman–Crippen LogP) is 3.31. The summed E-state index contributed by atoms with van der Waals surface area (Å²) in [6, 6.07) is 20.2. The van der Waals surface area contributed by atoms with Crippen molar-refractivity contribution < 1.29 is 14.4 Å². The third kappa shape index (κ3) is 2.27. The van der Waals surface area contributed by atoms with Gasteiger partial charge < -0.3 is 9.79 Å². The summed E-state index contributed by atoms with van der Waals surface area (Å²) in [5.41, 5.74) is 1.38. The van der Waals surface area contributed by atoms with Gasteiger partial charge >= 0.3 is 7.60 Å². The van der Waals surface area contributed by atoms with Crippen molar-refractivity contribution >= 4 is 23.7 Å². The molecule has 0 spiro atoms. The van der Waals surface area contributed by atoms with Crippen LogP contribution in [0, 0.1) is 0 Å². The van der Waals surface area contributed by atoms with Gasteiger partial charge in [-0.05, 0) is 21.9 Å². The van der Waals surface area contributed by atoms with Crippen molar-refractivity contribution in [3.05, 3.63) is 66.7 Å². The maximum atomic E-state index is 11.9. The fourth-order valence-corrected chi connectivity index (χ4v) is 3.45. The number of rotatable bonds is 2. The molecular weight excluding hydrogens is 271 g/mol. The second kappa shape index (κ2) is 4.88. The molecule has 0 fully saturated rings. The summed E-state index contributed by atoms with van der Waals surface area (Å²) < 4.78 is 11.9. The topological polar surface area (TPSA) is 57.5 Å². The van der Waals surface area contributed by atoms with Crippen LogP contribution in [0.25, 0.3) is 21.9 Å². The molecule has 0 aromatic heterocycles. The van der Waals surface area contributed by atoms with Crippen LogP contribution in [0.2, 0.25) is 0 Å². The minimum Gasteiger partial charge on any atom is -0.321 e. The van der Waals surface area contributed by atoms with Gasteiger partial charge in [0.15, 0.2) is 0 Å². The molecule has 0 atom stereocenters.